The first-order valence-corrected chi connectivity index (χ1v) is 16.1. The normalized spacial score (nSPS) is 36.4. The van der Waals surface area contributed by atoms with Gasteiger partial charge < -0.3 is 9.47 Å². The minimum absolute atomic E-state index is 0.784. The van der Waals surface area contributed by atoms with E-state index in [-0.39, 0.29) is 0 Å². The maximum Gasteiger partial charge on any atom is 0.221 e. The molecular weight excluding hydrogens is 443 g/mol. The van der Waals surface area contributed by atoms with Crippen LogP contribution in [0, 0.1) is 0 Å². The highest BCUT2D eigenvalue weighted by atomic mass is 31.3. The Balaban J connectivity index is 1.49. The van der Waals surface area contributed by atoms with Crippen LogP contribution in [-0.2, 0) is 9.47 Å². The smallest absolute Gasteiger partial charge is 0.221 e. The molecule has 168 valence electrons. The number of morpholine rings is 2. The zero-order valence-corrected chi connectivity index (χ0v) is 20.2. The lowest BCUT2D eigenvalue weighted by molar-refractivity contribution is 0.0568. The monoisotopic (exact) mass is 475 g/mol. The van der Waals surface area contributed by atoms with Gasteiger partial charge in [0.05, 0.1) is 26.4 Å². The van der Waals surface area contributed by atoms with Crippen LogP contribution in [0.4, 0.5) is 0 Å². The topological polar surface area (TPSA) is 74.1 Å². The summed E-state index contributed by atoms with van der Waals surface area (Å²) in [7, 11) is -6.33. The lowest BCUT2D eigenvalue weighted by atomic mass is 10.5. The van der Waals surface area contributed by atoms with E-state index >= 15 is 0 Å². The van der Waals surface area contributed by atoms with Crippen LogP contribution < -0.4 is 0 Å². The minimum Gasteiger partial charge on any atom is -0.379 e. The van der Waals surface area contributed by atoms with E-state index < -0.39 is 22.5 Å². The van der Waals surface area contributed by atoms with Crippen molar-refractivity contribution in [3.05, 3.63) is 0 Å². The quantitative estimate of drug-likeness (QED) is 0.425. The number of rotatable bonds is 6. The van der Waals surface area contributed by atoms with E-state index in [4.69, 9.17) is 23.0 Å². The van der Waals surface area contributed by atoms with E-state index in [2.05, 4.69) is 28.0 Å². The van der Waals surface area contributed by atoms with Crippen molar-refractivity contribution >= 4 is 22.5 Å². The Bertz CT molecular complexity index is 803. The van der Waals surface area contributed by atoms with Gasteiger partial charge in [0.1, 0.15) is 0 Å². The maximum atomic E-state index is 5.89. The Hall–Kier alpha value is 0.370. The van der Waals surface area contributed by atoms with Crippen LogP contribution in [0.5, 0.6) is 0 Å². The summed E-state index contributed by atoms with van der Waals surface area (Å²) in [5.74, 6) is 0. The Kier molecular flexibility index (Phi) is 4.74. The van der Waals surface area contributed by atoms with Gasteiger partial charge in [-0.2, -0.15) is 13.5 Å². The number of ether oxygens (including phenoxy) is 2. The second-order valence-corrected chi connectivity index (χ2v) is 17.6. The van der Waals surface area contributed by atoms with Crippen LogP contribution in [0.1, 0.15) is 0 Å². The molecule has 0 aromatic rings. The van der Waals surface area contributed by atoms with Crippen molar-refractivity contribution in [2.75, 3.05) is 105 Å². The van der Waals surface area contributed by atoms with E-state index in [0.29, 0.717) is 0 Å². The van der Waals surface area contributed by atoms with Gasteiger partial charge in [0, 0.05) is 78.5 Å². The standard InChI is InChI=1S/C16H32N9O2P3/c1-2-20(1)28(21-3-4-21)17-29(22-5-6-22,23-7-8-23)19-30(18-28,24-9-13-26-14-10-24)25-11-15-27-16-12-25/h1-16H2. The fraction of sp³-hybridized carbons (Fsp3) is 1.00. The van der Waals surface area contributed by atoms with E-state index in [1.165, 1.54) is 0 Å². The van der Waals surface area contributed by atoms with Crippen LogP contribution in [0.15, 0.2) is 13.5 Å². The Morgan fingerprint density at radius 3 is 0.833 bits per heavy atom. The molecule has 0 amide bonds. The molecule has 30 heavy (non-hydrogen) atoms. The van der Waals surface area contributed by atoms with Crippen molar-refractivity contribution in [3.8, 4) is 0 Å². The van der Waals surface area contributed by atoms with Gasteiger partial charge >= 0.3 is 0 Å². The third-order valence-electron chi connectivity index (χ3n) is 6.67. The second-order valence-electron chi connectivity index (χ2n) is 8.83. The fourth-order valence-corrected chi connectivity index (χ4v) is 20.3. The van der Waals surface area contributed by atoms with E-state index in [1.54, 1.807) is 0 Å². The van der Waals surface area contributed by atoms with Crippen molar-refractivity contribution in [3.63, 3.8) is 0 Å². The van der Waals surface area contributed by atoms with E-state index in [0.717, 1.165) is 105 Å². The Labute approximate surface area is 178 Å². The van der Waals surface area contributed by atoms with E-state index in [1.807, 2.05) is 0 Å². The van der Waals surface area contributed by atoms with Gasteiger partial charge in [0.15, 0.2) is 0 Å². The Morgan fingerprint density at radius 2 is 0.600 bits per heavy atom. The first kappa shape index (κ1) is 19.8. The predicted octanol–water partition coefficient (Wildman–Crippen LogP) is 1.77. The molecule has 0 atom stereocenters. The molecule has 0 unspecified atom stereocenters. The molecule has 0 N–H and O–H groups in total. The maximum absolute atomic E-state index is 5.89. The summed E-state index contributed by atoms with van der Waals surface area (Å²) in [5, 5.41) is 0. The van der Waals surface area contributed by atoms with Crippen molar-refractivity contribution in [2.24, 2.45) is 13.5 Å². The van der Waals surface area contributed by atoms with Gasteiger partial charge in [-0.05, 0) is 0 Å². The average Bonchev–Trinajstić information content (AvgIpc) is 3.62. The molecule has 6 fully saturated rings. The summed E-state index contributed by atoms with van der Waals surface area (Å²) >= 11 is 0. The summed E-state index contributed by atoms with van der Waals surface area (Å²) in [4.78, 5) is 0. The van der Waals surface area contributed by atoms with Crippen molar-refractivity contribution < 1.29 is 9.47 Å². The van der Waals surface area contributed by atoms with Gasteiger partial charge in [-0.25, -0.2) is 28.0 Å². The summed E-state index contributed by atoms with van der Waals surface area (Å²) in [5.41, 5.74) is 0. The molecule has 0 aromatic heterocycles. The molecule has 14 heteroatoms. The summed E-state index contributed by atoms with van der Waals surface area (Å²) in [6, 6.07) is 0. The summed E-state index contributed by atoms with van der Waals surface area (Å²) in [6.45, 7) is 16.0. The van der Waals surface area contributed by atoms with Crippen molar-refractivity contribution in [2.45, 2.75) is 0 Å². The highest BCUT2D eigenvalue weighted by molar-refractivity contribution is 7.83. The Morgan fingerprint density at radius 1 is 0.367 bits per heavy atom. The first-order chi connectivity index (χ1) is 14.8. The van der Waals surface area contributed by atoms with Crippen LogP contribution >= 0.6 is 22.5 Å². The molecule has 7 aliphatic rings. The summed E-state index contributed by atoms with van der Waals surface area (Å²) < 4.78 is 44.8. The third-order valence-corrected chi connectivity index (χ3v) is 19.4. The van der Waals surface area contributed by atoms with Gasteiger partial charge in [0.25, 0.3) is 0 Å². The molecule has 7 aliphatic heterocycles. The van der Waals surface area contributed by atoms with Gasteiger partial charge in [-0.1, -0.05) is 0 Å². The first-order valence-electron chi connectivity index (χ1n) is 11.3. The van der Waals surface area contributed by atoms with E-state index in [9.17, 15) is 0 Å². The molecule has 0 radical (unpaired) electrons. The molecule has 0 aliphatic carbocycles. The van der Waals surface area contributed by atoms with Gasteiger partial charge in [-0.3, -0.25) is 0 Å². The predicted molar refractivity (Wildman–Crippen MR) is 119 cm³/mol. The van der Waals surface area contributed by atoms with Gasteiger partial charge in [0.2, 0.25) is 22.5 Å². The average molecular weight is 475 g/mol. The van der Waals surface area contributed by atoms with Crippen LogP contribution in [0.2, 0.25) is 0 Å². The molecular formula is C16H32N9O2P3. The highest BCUT2D eigenvalue weighted by Gasteiger charge is 2.58. The van der Waals surface area contributed by atoms with Crippen molar-refractivity contribution in [1.82, 2.24) is 28.0 Å². The number of hydrogen-bond acceptors (Lipinski definition) is 11. The third kappa shape index (κ3) is 3.13. The zero-order chi connectivity index (χ0) is 19.8. The number of hydrogen-bond donors (Lipinski definition) is 0. The molecule has 6 saturated heterocycles. The molecule has 11 nitrogen and oxygen atoms in total. The lowest BCUT2D eigenvalue weighted by Crippen LogP contribution is -2.43. The summed E-state index contributed by atoms with van der Waals surface area (Å²) in [6.07, 6.45) is 0. The fourth-order valence-electron chi connectivity index (χ4n) is 4.65. The zero-order valence-electron chi connectivity index (χ0n) is 17.5. The second kappa shape index (κ2) is 7.18. The highest BCUT2D eigenvalue weighted by Crippen LogP contribution is 2.86. The van der Waals surface area contributed by atoms with Gasteiger partial charge in [-0.15, -0.1) is 0 Å². The lowest BCUT2D eigenvalue weighted by Gasteiger charge is -2.48. The minimum atomic E-state index is -2.24. The molecule has 0 aromatic carbocycles. The molecule has 0 spiro atoms. The SMILES string of the molecule is C1CN(P2(N3CCOCC3)=NP(N3CC3)(N3CC3)=NP(N3CC3)(N3CC3)=N2)CCO1. The molecule has 0 bridgehead atoms. The van der Waals surface area contributed by atoms with Crippen LogP contribution in [0.25, 0.3) is 0 Å². The van der Waals surface area contributed by atoms with Crippen molar-refractivity contribution in [1.29, 1.82) is 0 Å². The van der Waals surface area contributed by atoms with Crippen LogP contribution in [-0.4, -0.2) is 133 Å². The number of nitrogens with zero attached hydrogens (tertiary/aromatic N) is 9. The van der Waals surface area contributed by atoms with Crippen LogP contribution in [0.3, 0.4) is 0 Å². The molecule has 0 saturated carbocycles. The molecule has 7 heterocycles. The molecule has 7 rings (SSSR count). The largest absolute Gasteiger partial charge is 0.379 e.